The van der Waals surface area contributed by atoms with Gasteiger partial charge in [0.05, 0.1) is 19.1 Å². The molecule has 1 aliphatic carbocycles. The number of rotatable bonds is 6. The van der Waals surface area contributed by atoms with Gasteiger partial charge in [-0.3, -0.25) is 4.79 Å². The molecule has 0 unspecified atom stereocenters. The molecule has 1 aromatic heterocycles. The lowest BCUT2D eigenvalue weighted by Gasteiger charge is -2.17. The van der Waals surface area contributed by atoms with Crippen molar-refractivity contribution in [2.45, 2.75) is 25.2 Å². The minimum atomic E-state index is -0.646. The number of ether oxygens (including phenoxy) is 2. The highest BCUT2D eigenvalue weighted by Gasteiger charge is 2.51. The molecule has 0 spiro atoms. The van der Waals surface area contributed by atoms with E-state index in [0.29, 0.717) is 36.6 Å². The average molecular weight is 394 g/mol. The van der Waals surface area contributed by atoms with E-state index in [2.05, 4.69) is 10.3 Å². The SMILES string of the molecule is CCOC(=O)c1cc2cc(NC(=O)C3(c4ccc(OC)c(O)c4)CC3)ccc2[nH]1. The van der Waals surface area contributed by atoms with Gasteiger partial charge in [0, 0.05) is 16.6 Å². The maximum atomic E-state index is 13.0. The molecule has 1 aliphatic rings. The van der Waals surface area contributed by atoms with E-state index in [-0.39, 0.29) is 11.7 Å². The molecule has 1 fully saturated rings. The highest BCUT2D eigenvalue weighted by molar-refractivity contribution is 6.03. The summed E-state index contributed by atoms with van der Waals surface area (Å²) in [6.07, 6.45) is 1.42. The first-order chi connectivity index (χ1) is 14.0. The number of esters is 1. The van der Waals surface area contributed by atoms with Gasteiger partial charge in [0.2, 0.25) is 5.91 Å². The van der Waals surface area contributed by atoms with Crippen LogP contribution in [0.1, 0.15) is 35.8 Å². The number of aromatic nitrogens is 1. The van der Waals surface area contributed by atoms with Crippen LogP contribution in [0.25, 0.3) is 10.9 Å². The van der Waals surface area contributed by atoms with Crippen LogP contribution >= 0.6 is 0 Å². The van der Waals surface area contributed by atoms with Gasteiger partial charge in [0.25, 0.3) is 0 Å². The van der Waals surface area contributed by atoms with Crippen LogP contribution in [0, 0.1) is 0 Å². The summed E-state index contributed by atoms with van der Waals surface area (Å²) in [5, 5.41) is 13.8. The molecule has 1 amide bonds. The summed E-state index contributed by atoms with van der Waals surface area (Å²) in [4.78, 5) is 27.9. The Morgan fingerprint density at radius 3 is 2.62 bits per heavy atom. The fourth-order valence-corrected chi connectivity index (χ4v) is 3.54. The number of hydrogen-bond acceptors (Lipinski definition) is 5. The number of H-pyrrole nitrogens is 1. The Kier molecular flexibility index (Phi) is 4.66. The third-order valence-corrected chi connectivity index (χ3v) is 5.29. The van der Waals surface area contributed by atoms with Crippen LogP contribution in [0.15, 0.2) is 42.5 Å². The Bertz CT molecular complexity index is 1100. The van der Waals surface area contributed by atoms with Crippen LogP contribution in [0.4, 0.5) is 5.69 Å². The van der Waals surface area contributed by atoms with Crippen LogP contribution in [0.3, 0.4) is 0 Å². The molecule has 0 aliphatic heterocycles. The summed E-state index contributed by atoms with van der Waals surface area (Å²) in [6.45, 7) is 2.06. The summed E-state index contributed by atoms with van der Waals surface area (Å²) in [6, 6.07) is 12.2. The molecule has 7 nitrogen and oxygen atoms in total. The molecule has 0 radical (unpaired) electrons. The number of anilines is 1. The lowest BCUT2D eigenvalue weighted by molar-refractivity contribution is -0.118. The van der Waals surface area contributed by atoms with Crippen molar-refractivity contribution in [2.24, 2.45) is 0 Å². The minimum absolute atomic E-state index is 0.0179. The van der Waals surface area contributed by atoms with E-state index in [0.717, 1.165) is 16.5 Å². The molecule has 0 atom stereocenters. The summed E-state index contributed by atoms with van der Waals surface area (Å²) >= 11 is 0. The number of carbonyl (C=O) groups excluding carboxylic acids is 2. The first kappa shape index (κ1) is 18.9. The van der Waals surface area contributed by atoms with Crippen LogP contribution in [-0.4, -0.2) is 35.7 Å². The van der Waals surface area contributed by atoms with Crippen molar-refractivity contribution < 1.29 is 24.2 Å². The zero-order valence-electron chi connectivity index (χ0n) is 16.2. The largest absolute Gasteiger partial charge is 0.504 e. The molecule has 1 heterocycles. The second-order valence-electron chi connectivity index (χ2n) is 7.13. The van der Waals surface area contributed by atoms with Gasteiger partial charge in [0.1, 0.15) is 5.69 Å². The molecular formula is C22H22N2O5. The first-order valence-corrected chi connectivity index (χ1v) is 9.45. The van der Waals surface area contributed by atoms with E-state index in [1.54, 1.807) is 31.2 Å². The van der Waals surface area contributed by atoms with Crippen LogP contribution in [-0.2, 0) is 14.9 Å². The molecule has 0 saturated heterocycles. The highest BCUT2D eigenvalue weighted by atomic mass is 16.5. The topological polar surface area (TPSA) is 101 Å². The van der Waals surface area contributed by atoms with Crippen molar-refractivity contribution in [3.63, 3.8) is 0 Å². The van der Waals surface area contributed by atoms with E-state index in [4.69, 9.17) is 9.47 Å². The smallest absolute Gasteiger partial charge is 0.354 e. The third kappa shape index (κ3) is 3.40. The van der Waals surface area contributed by atoms with Gasteiger partial charge in [-0.05, 0) is 61.7 Å². The molecule has 29 heavy (non-hydrogen) atoms. The Morgan fingerprint density at radius 1 is 1.17 bits per heavy atom. The predicted octanol–water partition coefficient (Wildman–Crippen LogP) is 3.73. The normalized spacial score (nSPS) is 14.4. The number of nitrogens with one attached hydrogen (secondary N) is 2. The lowest BCUT2D eigenvalue weighted by Crippen LogP contribution is -2.27. The Labute approximate surface area is 167 Å². The average Bonchev–Trinajstić information content (AvgIpc) is 3.41. The van der Waals surface area contributed by atoms with Crippen molar-refractivity contribution >= 4 is 28.5 Å². The Hall–Kier alpha value is -3.48. The number of methoxy groups -OCH3 is 1. The lowest BCUT2D eigenvalue weighted by atomic mass is 9.94. The maximum absolute atomic E-state index is 13.0. The Balaban J connectivity index is 1.55. The fourth-order valence-electron chi connectivity index (χ4n) is 3.54. The van der Waals surface area contributed by atoms with Crippen LogP contribution in [0.2, 0.25) is 0 Å². The van der Waals surface area contributed by atoms with Crippen molar-refractivity contribution in [2.75, 3.05) is 19.0 Å². The zero-order chi connectivity index (χ0) is 20.6. The summed E-state index contributed by atoms with van der Waals surface area (Å²) in [5.74, 6) is -0.141. The van der Waals surface area contributed by atoms with Crippen LogP contribution < -0.4 is 10.1 Å². The summed E-state index contributed by atoms with van der Waals surface area (Å²) in [7, 11) is 1.48. The first-order valence-electron chi connectivity index (χ1n) is 9.45. The van der Waals surface area contributed by atoms with Crippen molar-refractivity contribution in [1.29, 1.82) is 0 Å². The fraction of sp³-hybridized carbons (Fsp3) is 0.273. The zero-order valence-corrected chi connectivity index (χ0v) is 16.2. The molecule has 7 heteroatoms. The molecule has 3 aromatic rings. The molecule has 150 valence electrons. The van der Waals surface area contributed by atoms with Crippen molar-refractivity contribution in [3.8, 4) is 11.5 Å². The standard InChI is InChI=1S/C22H22N2O5/c1-3-29-20(26)17-11-13-10-15(5-6-16(13)24-17)23-21(27)22(8-9-22)14-4-7-19(28-2)18(25)12-14/h4-7,10-12,24-25H,3,8-9H2,1-2H3,(H,23,27). The number of phenolic OH excluding ortho intramolecular Hbond substituents is 1. The molecule has 3 N–H and O–H groups in total. The quantitative estimate of drug-likeness (QED) is 0.553. The third-order valence-electron chi connectivity index (χ3n) is 5.29. The summed E-state index contributed by atoms with van der Waals surface area (Å²) in [5.41, 5.74) is 1.92. The number of phenols is 1. The second-order valence-corrected chi connectivity index (χ2v) is 7.13. The number of aromatic amines is 1. The number of fused-ring (bicyclic) bond motifs is 1. The molecule has 2 aromatic carbocycles. The van der Waals surface area contributed by atoms with Crippen molar-refractivity contribution in [3.05, 3.63) is 53.7 Å². The van der Waals surface area contributed by atoms with Crippen molar-refractivity contribution in [1.82, 2.24) is 4.98 Å². The van der Waals surface area contributed by atoms with Gasteiger partial charge < -0.3 is 24.9 Å². The van der Waals surface area contributed by atoms with Gasteiger partial charge in [-0.2, -0.15) is 0 Å². The molecule has 1 saturated carbocycles. The number of carbonyl (C=O) groups is 2. The number of hydrogen-bond donors (Lipinski definition) is 3. The highest BCUT2D eigenvalue weighted by Crippen LogP contribution is 2.50. The number of aromatic hydroxyl groups is 1. The predicted molar refractivity (Wildman–Crippen MR) is 108 cm³/mol. The van der Waals surface area contributed by atoms with Gasteiger partial charge in [0.15, 0.2) is 11.5 Å². The van der Waals surface area contributed by atoms with E-state index in [1.165, 1.54) is 7.11 Å². The van der Waals surface area contributed by atoms with E-state index in [9.17, 15) is 14.7 Å². The molecular weight excluding hydrogens is 372 g/mol. The number of amides is 1. The minimum Gasteiger partial charge on any atom is -0.504 e. The Morgan fingerprint density at radius 2 is 1.97 bits per heavy atom. The molecule has 0 bridgehead atoms. The van der Waals surface area contributed by atoms with Gasteiger partial charge in [-0.1, -0.05) is 6.07 Å². The van der Waals surface area contributed by atoms with Crippen LogP contribution in [0.5, 0.6) is 11.5 Å². The van der Waals surface area contributed by atoms with E-state index >= 15 is 0 Å². The summed E-state index contributed by atoms with van der Waals surface area (Å²) < 4.78 is 10.1. The monoisotopic (exact) mass is 394 g/mol. The van der Waals surface area contributed by atoms with Gasteiger partial charge in [-0.15, -0.1) is 0 Å². The molecule has 4 rings (SSSR count). The van der Waals surface area contributed by atoms with Gasteiger partial charge in [-0.25, -0.2) is 4.79 Å². The number of benzene rings is 2. The second kappa shape index (κ2) is 7.16. The maximum Gasteiger partial charge on any atom is 0.354 e. The van der Waals surface area contributed by atoms with Gasteiger partial charge >= 0.3 is 5.97 Å². The van der Waals surface area contributed by atoms with E-state index in [1.807, 2.05) is 18.2 Å². The van der Waals surface area contributed by atoms with E-state index < -0.39 is 11.4 Å².